The lowest BCUT2D eigenvalue weighted by Gasteiger charge is -1.91. The van der Waals surface area contributed by atoms with Crippen LogP contribution in [0.15, 0.2) is 0 Å². The summed E-state index contributed by atoms with van der Waals surface area (Å²) in [6.45, 7) is 2.00. The molecule has 0 radical (unpaired) electrons. The Bertz CT molecular complexity index is 31.8. The first-order valence-corrected chi connectivity index (χ1v) is 2.97. The van der Waals surface area contributed by atoms with Gasteiger partial charge in [0, 0.05) is 0 Å². The second kappa shape index (κ2) is 3.90. The SMILES string of the molecule is C=O.O[Si](O)(O)O. The molecule has 44 valence electrons. The minimum atomic E-state index is -4.61. The molecular formula is CH6O5Si. The maximum absolute atomic E-state index is 8.00. The van der Waals surface area contributed by atoms with Crippen molar-refractivity contribution in [2.24, 2.45) is 0 Å². The molecule has 0 spiro atoms. The predicted octanol–water partition coefficient (Wildman–Crippen LogP) is -2.79. The Labute approximate surface area is 41.0 Å². The second-order valence-corrected chi connectivity index (χ2v) is 1.80. The summed E-state index contributed by atoms with van der Waals surface area (Å²) in [5, 5.41) is 0. The van der Waals surface area contributed by atoms with E-state index in [1.165, 1.54) is 0 Å². The van der Waals surface area contributed by atoms with Crippen molar-refractivity contribution in [3.63, 3.8) is 0 Å². The van der Waals surface area contributed by atoms with E-state index in [0.29, 0.717) is 0 Å². The van der Waals surface area contributed by atoms with Crippen molar-refractivity contribution < 1.29 is 24.0 Å². The zero-order valence-corrected chi connectivity index (χ0v) is 4.40. The molecule has 4 N–H and O–H groups in total. The van der Waals surface area contributed by atoms with Gasteiger partial charge in [0.15, 0.2) is 0 Å². The fraction of sp³-hybridized carbons (Fsp3) is 0. The standard InChI is InChI=1S/CH2O.H4O4Si/c1-2;1-5(2,3)4/h1H2;1-4H. The molecule has 0 aromatic carbocycles. The van der Waals surface area contributed by atoms with Crippen LogP contribution in [0, 0.1) is 0 Å². The quantitative estimate of drug-likeness (QED) is 0.263. The molecule has 0 atom stereocenters. The summed E-state index contributed by atoms with van der Waals surface area (Å²) in [4.78, 5) is 37.3. The molecular weight excluding hydrogens is 120 g/mol. The molecule has 0 saturated carbocycles. The van der Waals surface area contributed by atoms with Gasteiger partial charge in [0.25, 0.3) is 0 Å². The third kappa shape index (κ3) is 1070. The van der Waals surface area contributed by atoms with E-state index >= 15 is 0 Å². The van der Waals surface area contributed by atoms with Gasteiger partial charge in [-0.1, -0.05) is 0 Å². The molecule has 7 heavy (non-hydrogen) atoms. The molecule has 0 aliphatic rings. The van der Waals surface area contributed by atoms with Gasteiger partial charge in [-0.2, -0.15) is 0 Å². The molecule has 0 fully saturated rings. The first kappa shape index (κ1) is 9.87. The Morgan fingerprint density at radius 3 is 1.00 bits per heavy atom. The third-order valence-corrected chi connectivity index (χ3v) is 0. The van der Waals surface area contributed by atoms with Gasteiger partial charge in [-0.25, -0.2) is 0 Å². The Kier molecular flexibility index (Phi) is 5.50. The molecule has 0 aromatic rings. The number of hydrogen-bond acceptors (Lipinski definition) is 5. The van der Waals surface area contributed by atoms with E-state index in [1.807, 2.05) is 6.79 Å². The zero-order valence-electron chi connectivity index (χ0n) is 3.40. The molecule has 0 saturated heterocycles. The maximum Gasteiger partial charge on any atom is 0.668 e. The molecule has 0 aliphatic carbocycles. The summed E-state index contributed by atoms with van der Waals surface area (Å²) >= 11 is 0. The van der Waals surface area contributed by atoms with Gasteiger partial charge in [-0.3, -0.25) is 0 Å². The molecule has 0 unspecified atom stereocenters. The fourth-order valence-electron chi connectivity index (χ4n) is 0. The van der Waals surface area contributed by atoms with Gasteiger partial charge in [0.05, 0.1) is 0 Å². The molecule has 0 aliphatic heterocycles. The number of carbonyl (C=O) groups is 1. The summed E-state index contributed by atoms with van der Waals surface area (Å²) in [6.07, 6.45) is 0. The van der Waals surface area contributed by atoms with Crippen LogP contribution in [-0.2, 0) is 4.79 Å². The molecule has 0 rings (SSSR count). The van der Waals surface area contributed by atoms with E-state index in [9.17, 15) is 0 Å². The van der Waals surface area contributed by atoms with Crippen molar-refractivity contribution in [3.8, 4) is 0 Å². The molecule has 0 bridgehead atoms. The lowest BCUT2D eigenvalue weighted by Crippen LogP contribution is -2.33. The van der Waals surface area contributed by atoms with Crippen molar-refractivity contribution >= 4 is 15.8 Å². The minimum Gasteiger partial charge on any atom is -0.368 e. The summed E-state index contributed by atoms with van der Waals surface area (Å²) in [6, 6.07) is 0. The molecule has 0 aromatic heterocycles. The average Bonchev–Trinajstić information content (AvgIpc) is 1.36. The van der Waals surface area contributed by atoms with Crippen LogP contribution in [-0.4, -0.2) is 35.0 Å². The Morgan fingerprint density at radius 1 is 1.00 bits per heavy atom. The third-order valence-electron chi connectivity index (χ3n) is 0. The lowest BCUT2D eigenvalue weighted by molar-refractivity contribution is -0.0980. The van der Waals surface area contributed by atoms with Crippen LogP contribution in [0.3, 0.4) is 0 Å². The molecule has 6 heteroatoms. The Balaban J connectivity index is 0. The number of rotatable bonds is 0. The van der Waals surface area contributed by atoms with E-state index in [2.05, 4.69) is 0 Å². The van der Waals surface area contributed by atoms with Crippen LogP contribution in [0.5, 0.6) is 0 Å². The van der Waals surface area contributed by atoms with Crippen molar-refractivity contribution in [3.05, 3.63) is 0 Å². The Morgan fingerprint density at radius 2 is 1.00 bits per heavy atom. The fourth-order valence-corrected chi connectivity index (χ4v) is 0. The van der Waals surface area contributed by atoms with Crippen molar-refractivity contribution in [1.82, 2.24) is 0 Å². The van der Waals surface area contributed by atoms with Crippen LogP contribution in [0.1, 0.15) is 0 Å². The average molecular weight is 126 g/mol. The normalized spacial score (nSPS) is 9.14. The van der Waals surface area contributed by atoms with Crippen LogP contribution in [0.2, 0.25) is 0 Å². The summed E-state index contributed by atoms with van der Waals surface area (Å²) in [7, 11) is -4.61. The van der Waals surface area contributed by atoms with Crippen molar-refractivity contribution in [2.45, 2.75) is 0 Å². The van der Waals surface area contributed by atoms with Crippen molar-refractivity contribution in [2.75, 3.05) is 0 Å². The first-order valence-electron chi connectivity index (χ1n) is 1.18. The number of carbonyl (C=O) groups excluding carboxylic acids is 1. The largest absolute Gasteiger partial charge is 0.668 e. The number of hydrogen-bond donors (Lipinski definition) is 4. The van der Waals surface area contributed by atoms with Gasteiger partial charge < -0.3 is 24.0 Å². The highest BCUT2D eigenvalue weighted by molar-refractivity contribution is 6.46. The minimum absolute atomic E-state index is 2.00. The van der Waals surface area contributed by atoms with Gasteiger partial charge in [0.2, 0.25) is 0 Å². The summed E-state index contributed by atoms with van der Waals surface area (Å²) in [5.41, 5.74) is 0. The van der Waals surface area contributed by atoms with E-state index in [-0.39, 0.29) is 0 Å². The van der Waals surface area contributed by atoms with Gasteiger partial charge in [-0.05, 0) is 0 Å². The van der Waals surface area contributed by atoms with E-state index < -0.39 is 9.05 Å². The van der Waals surface area contributed by atoms with Crippen molar-refractivity contribution in [1.29, 1.82) is 0 Å². The Hall–Kier alpha value is -0.273. The highest BCUT2D eigenvalue weighted by Gasteiger charge is 2.22. The van der Waals surface area contributed by atoms with Crippen LogP contribution in [0.25, 0.3) is 0 Å². The summed E-state index contributed by atoms with van der Waals surface area (Å²) < 4.78 is 0. The van der Waals surface area contributed by atoms with Crippen LogP contribution >= 0.6 is 0 Å². The monoisotopic (exact) mass is 126 g/mol. The van der Waals surface area contributed by atoms with Crippen LogP contribution < -0.4 is 0 Å². The lowest BCUT2D eigenvalue weighted by atomic mass is 11.9. The topological polar surface area (TPSA) is 98.0 Å². The summed E-state index contributed by atoms with van der Waals surface area (Å²) in [5.74, 6) is 0. The smallest absolute Gasteiger partial charge is 0.368 e. The predicted molar refractivity (Wildman–Crippen MR) is 21.8 cm³/mol. The van der Waals surface area contributed by atoms with Gasteiger partial charge >= 0.3 is 9.05 Å². The van der Waals surface area contributed by atoms with Crippen LogP contribution in [0.4, 0.5) is 0 Å². The highest BCUT2D eigenvalue weighted by Crippen LogP contribution is 1.67. The molecule has 0 heterocycles. The highest BCUT2D eigenvalue weighted by atomic mass is 28.4. The first-order chi connectivity index (χ1) is 3.00. The second-order valence-electron chi connectivity index (χ2n) is 0.600. The van der Waals surface area contributed by atoms with Gasteiger partial charge in [0.1, 0.15) is 6.79 Å². The van der Waals surface area contributed by atoms with Gasteiger partial charge in [-0.15, -0.1) is 0 Å². The molecule has 5 nitrogen and oxygen atoms in total. The van der Waals surface area contributed by atoms with E-state index in [4.69, 9.17) is 24.0 Å². The van der Waals surface area contributed by atoms with E-state index in [1.54, 1.807) is 0 Å². The maximum atomic E-state index is 8.00. The zero-order chi connectivity index (χ0) is 6.50. The molecule has 0 amide bonds. The van der Waals surface area contributed by atoms with E-state index in [0.717, 1.165) is 0 Å².